The molecule has 0 amide bonds. The van der Waals surface area contributed by atoms with E-state index in [1.54, 1.807) is 0 Å². The van der Waals surface area contributed by atoms with Gasteiger partial charge in [-0.1, -0.05) is 32.6 Å². The average molecular weight is 199 g/mol. The van der Waals surface area contributed by atoms with Crippen LogP contribution in [0.5, 0.6) is 0 Å². The van der Waals surface area contributed by atoms with Gasteiger partial charge in [0.15, 0.2) is 0 Å². The SMILES string of the molecule is CCCC1CCCC(NOCC)CC1. The van der Waals surface area contributed by atoms with E-state index in [0.29, 0.717) is 6.04 Å². The van der Waals surface area contributed by atoms with E-state index in [1.165, 1.54) is 44.9 Å². The first-order valence-corrected chi connectivity index (χ1v) is 6.24. The van der Waals surface area contributed by atoms with Crippen molar-refractivity contribution in [3.05, 3.63) is 0 Å². The van der Waals surface area contributed by atoms with Crippen molar-refractivity contribution >= 4 is 0 Å². The highest BCUT2D eigenvalue weighted by Crippen LogP contribution is 2.26. The first-order valence-electron chi connectivity index (χ1n) is 6.24. The summed E-state index contributed by atoms with van der Waals surface area (Å²) in [6.45, 7) is 5.10. The van der Waals surface area contributed by atoms with Crippen LogP contribution < -0.4 is 5.48 Å². The molecule has 0 radical (unpaired) electrons. The Kier molecular flexibility index (Phi) is 6.20. The number of rotatable bonds is 5. The molecule has 1 aliphatic rings. The molecule has 1 saturated carbocycles. The molecular formula is C12H25NO. The molecule has 2 nitrogen and oxygen atoms in total. The lowest BCUT2D eigenvalue weighted by molar-refractivity contribution is 0.0205. The topological polar surface area (TPSA) is 21.3 Å². The molecule has 0 aliphatic heterocycles. The van der Waals surface area contributed by atoms with Crippen molar-refractivity contribution in [3.63, 3.8) is 0 Å². The molecule has 0 aromatic heterocycles. The maximum Gasteiger partial charge on any atom is 0.0654 e. The normalized spacial score (nSPS) is 28.7. The molecule has 1 N–H and O–H groups in total. The molecular weight excluding hydrogens is 174 g/mol. The summed E-state index contributed by atoms with van der Waals surface area (Å²) in [5.41, 5.74) is 3.17. The van der Waals surface area contributed by atoms with Crippen molar-refractivity contribution in [1.82, 2.24) is 5.48 Å². The van der Waals surface area contributed by atoms with Crippen molar-refractivity contribution in [2.75, 3.05) is 6.61 Å². The summed E-state index contributed by atoms with van der Waals surface area (Å²) in [6.07, 6.45) is 9.53. The fourth-order valence-corrected chi connectivity index (χ4v) is 2.39. The zero-order valence-corrected chi connectivity index (χ0v) is 9.72. The van der Waals surface area contributed by atoms with Crippen molar-refractivity contribution < 1.29 is 4.84 Å². The third-order valence-corrected chi connectivity index (χ3v) is 3.18. The number of nitrogens with one attached hydrogen (secondary N) is 1. The van der Waals surface area contributed by atoms with Crippen LogP contribution in [0.3, 0.4) is 0 Å². The summed E-state index contributed by atoms with van der Waals surface area (Å²) < 4.78 is 0. The van der Waals surface area contributed by atoms with Crippen molar-refractivity contribution in [2.45, 2.75) is 64.8 Å². The Balaban J connectivity index is 2.19. The quantitative estimate of drug-likeness (QED) is 0.542. The molecule has 1 aliphatic carbocycles. The van der Waals surface area contributed by atoms with Crippen LogP contribution in [0.4, 0.5) is 0 Å². The molecule has 2 atom stereocenters. The molecule has 0 spiro atoms. The van der Waals surface area contributed by atoms with Crippen LogP contribution >= 0.6 is 0 Å². The van der Waals surface area contributed by atoms with E-state index >= 15 is 0 Å². The highest BCUT2D eigenvalue weighted by molar-refractivity contribution is 4.72. The number of hydrogen-bond donors (Lipinski definition) is 1. The van der Waals surface area contributed by atoms with Gasteiger partial charge in [0.2, 0.25) is 0 Å². The monoisotopic (exact) mass is 199 g/mol. The molecule has 0 aromatic carbocycles. The van der Waals surface area contributed by atoms with Gasteiger partial charge in [-0.05, 0) is 32.1 Å². The van der Waals surface area contributed by atoms with Crippen LogP contribution in [0.1, 0.15) is 58.8 Å². The second kappa shape index (κ2) is 7.24. The minimum Gasteiger partial charge on any atom is -0.302 e. The fourth-order valence-electron chi connectivity index (χ4n) is 2.39. The van der Waals surface area contributed by atoms with E-state index in [9.17, 15) is 0 Å². The van der Waals surface area contributed by atoms with Crippen LogP contribution in [-0.2, 0) is 4.84 Å². The van der Waals surface area contributed by atoms with E-state index in [-0.39, 0.29) is 0 Å². The van der Waals surface area contributed by atoms with Gasteiger partial charge in [0.1, 0.15) is 0 Å². The van der Waals surface area contributed by atoms with Crippen molar-refractivity contribution in [1.29, 1.82) is 0 Å². The zero-order valence-electron chi connectivity index (χ0n) is 9.72. The van der Waals surface area contributed by atoms with Crippen molar-refractivity contribution in [2.24, 2.45) is 5.92 Å². The maximum atomic E-state index is 5.27. The third-order valence-electron chi connectivity index (χ3n) is 3.18. The maximum absolute atomic E-state index is 5.27. The lowest BCUT2D eigenvalue weighted by Crippen LogP contribution is -2.28. The van der Waals surface area contributed by atoms with E-state index < -0.39 is 0 Å². The molecule has 84 valence electrons. The summed E-state index contributed by atoms with van der Waals surface area (Å²) in [4.78, 5) is 5.27. The van der Waals surface area contributed by atoms with Crippen LogP contribution in [0.15, 0.2) is 0 Å². The van der Waals surface area contributed by atoms with Gasteiger partial charge >= 0.3 is 0 Å². The van der Waals surface area contributed by atoms with Gasteiger partial charge in [0, 0.05) is 6.04 Å². The lowest BCUT2D eigenvalue weighted by atomic mass is 9.95. The summed E-state index contributed by atoms with van der Waals surface area (Å²) in [7, 11) is 0. The molecule has 2 heteroatoms. The molecule has 1 rings (SSSR count). The fraction of sp³-hybridized carbons (Fsp3) is 1.00. The van der Waals surface area contributed by atoms with Gasteiger partial charge in [-0.2, -0.15) is 5.48 Å². The third kappa shape index (κ3) is 4.43. The van der Waals surface area contributed by atoms with E-state index in [1.807, 2.05) is 6.92 Å². The van der Waals surface area contributed by atoms with Gasteiger partial charge in [0.05, 0.1) is 6.61 Å². The van der Waals surface area contributed by atoms with Gasteiger partial charge in [-0.15, -0.1) is 0 Å². The van der Waals surface area contributed by atoms with Crippen LogP contribution in [0.2, 0.25) is 0 Å². The first-order chi connectivity index (χ1) is 6.86. The van der Waals surface area contributed by atoms with Gasteiger partial charge in [-0.3, -0.25) is 0 Å². The van der Waals surface area contributed by atoms with Crippen LogP contribution in [0, 0.1) is 5.92 Å². The highest BCUT2D eigenvalue weighted by atomic mass is 16.6. The molecule has 0 saturated heterocycles. The lowest BCUT2D eigenvalue weighted by Gasteiger charge is -2.15. The predicted molar refractivity (Wildman–Crippen MR) is 60.0 cm³/mol. The molecule has 14 heavy (non-hydrogen) atoms. The summed E-state index contributed by atoms with van der Waals surface area (Å²) in [5, 5.41) is 0. The van der Waals surface area contributed by atoms with Gasteiger partial charge in [0.25, 0.3) is 0 Å². The summed E-state index contributed by atoms with van der Waals surface area (Å²) in [6, 6.07) is 0.608. The molecule has 0 aromatic rings. The number of hydroxylamine groups is 1. The Labute approximate surface area is 88.4 Å². The van der Waals surface area contributed by atoms with E-state index in [4.69, 9.17) is 4.84 Å². The number of hydrogen-bond acceptors (Lipinski definition) is 2. The summed E-state index contributed by atoms with van der Waals surface area (Å²) >= 11 is 0. The first kappa shape index (κ1) is 12.0. The van der Waals surface area contributed by atoms with E-state index in [2.05, 4.69) is 12.4 Å². The molecule has 1 fully saturated rings. The molecule has 0 heterocycles. The highest BCUT2D eigenvalue weighted by Gasteiger charge is 2.17. The Morgan fingerprint density at radius 1 is 1.14 bits per heavy atom. The molecule has 0 bridgehead atoms. The van der Waals surface area contributed by atoms with Crippen molar-refractivity contribution in [3.8, 4) is 0 Å². The minimum absolute atomic E-state index is 0.608. The Morgan fingerprint density at radius 2 is 2.00 bits per heavy atom. The zero-order chi connectivity index (χ0) is 10.2. The summed E-state index contributed by atoms with van der Waals surface area (Å²) in [5.74, 6) is 0.980. The second-order valence-corrected chi connectivity index (χ2v) is 4.41. The van der Waals surface area contributed by atoms with Crippen LogP contribution in [-0.4, -0.2) is 12.6 Å². The largest absolute Gasteiger partial charge is 0.302 e. The van der Waals surface area contributed by atoms with Crippen LogP contribution in [0.25, 0.3) is 0 Å². The standard InChI is InChI=1S/C12H25NO/c1-3-6-11-7-5-8-12(10-9-11)13-14-4-2/h11-13H,3-10H2,1-2H3. The minimum atomic E-state index is 0.608. The Hall–Kier alpha value is -0.0800. The predicted octanol–water partition coefficient (Wildman–Crippen LogP) is 3.28. The second-order valence-electron chi connectivity index (χ2n) is 4.41. The Morgan fingerprint density at radius 3 is 2.71 bits per heavy atom. The van der Waals surface area contributed by atoms with E-state index in [0.717, 1.165) is 12.5 Å². The molecule has 2 unspecified atom stereocenters. The van der Waals surface area contributed by atoms with Gasteiger partial charge in [-0.25, -0.2) is 0 Å². The Bertz CT molecular complexity index is 138. The average Bonchev–Trinajstić information content (AvgIpc) is 2.41. The van der Waals surface area contributed by atoms with Gasteiger partial charge < -0.3 is 4.84 Å². The smallest absolute Gasteiger partial charge is 0.0654 e.